The van der Waals surface area contributed by atoms with Gasteiger partial charge in [-0.15, -0.1) is 0 Å². The summed E-state index contributed by atoms with van der Waals surface area (Å²) in [4.78, 5) is 22.1. The number of nitro benzene ring substituents is 1. The fourth-order valence-corrected chi connectivity index (χ4v) is 1.86. The number of benzene rings is 2. The Morgan fingerprint density at radius 2 is 1.77 bits per heavy atom. The van der Waals surface area contributed by atoms with Crippen molar-refractivity contribution >= 4 is 17.3 Å². The van der Waals surface area contributed by atoms with Gasteiger partial charge in [-0.25, -0.2) is 4.39 Å². The summed E-state index contributed by atoms with van der Waals surface area (Å²) in [5, 5.41) is 16.4. The van der Waals surface area contributed by atoms with Crippen LogP contribution in [0, 0.1) is 15.9 Å². The number of halogens is 1. The molecule has 0 spiro atoms. The van der Waals surface area contributed by atoms with E-state index in [0.29, 0.717) is 17.8 Å². The molecule has 0 aromatic heterocycles. The smallest absolute Gasteiger partial charge is 0.292 e. The van der Waals surface area contributed by atoms with E-state index in [0.717, 1.165) is 0 Å². The topological polar surface area (TPSA) is 84.3 Å². The molecular formula is C15H14FN3O3. The minimum absolute atomic E-state index is 0.0210. The van der Waals surface area contributed by atoms with Gasteiger partial charge in [-0.05, 0) is 30.3 Å². The van der Waals surface area contributed by atoms with Gasteiger partial charge in [-0.2, -0.15) is 0 Å². The van der Waals surface area contributed by atoms with Crippen LogP contribution in [0.25, 0.3) is 0 Å². The molecule has 0 heterocycles. The van der Waals surface area contributed by atoms with Crippen LogP contribution in [0.2, 0.25) is 0 Å². The van der Waals surface area contributed by atoms with Crippen molar-refractivity contribution in [3.63, 3.8) is 0 Å². The number of hydrogen-bond acceptors (Lipinski definition) is 4. The molecule has 7 heteroatoms. The average Bonchev–Trinajstić information content (AvgIpc) is 2.52. The molecule has 2 N–H and O–H groups in total. The Morgan fingerprint density at radius 1 is 1.09 bits per heavy atom. The molecule has 2 aromatic rings. The number of carbonyl (C=O) groups is 1. The normalized spacial score (nSPS) is 10.0. The molecule has 0 aliphatic carbocycles. The Kier molecular flexibility index (Phi) is 5.02. The summed E-state index contributed by atoms with van der Waals surface area (Å²) >= 11 is 0. The Labute approximate surface area is 126 Å². The van der Waals surface area contributed by atoms with E-state index in [9.17, 15) is 19.3 Å². The molecule has 0 aliphatic rings. The lowest BCUT2D eigenvalue weighted by atomic mass is 10.2. The maximum absolute atomic E-state index is 12.8. The first-order valence-corrected chi connectivity index (χ1v) is 6.59. The maximum atomic E-state index is 12.8. The molecule has 0 unspecified atom stereocenters. The Hall–Kier alpha value is -2.96. The maximum Gasteiger partial charge on any atom is 0.292 e. The molecule has 0 saturated heterocycles. The van der Waals surface area contributed by atoms with Crippen molar-refractivity contribution < 1.29 is 14.1 Å². The van der Waals surface area contributed by atoms with E-state index in [1.165, 1.54) is 30.3 Å². The number of nitrogens with one attached hydrogen (secondary N) is 2. The molecule has 2 rings (SSSR count). The zero-order chi connectivity index (χ0) is 15.9. The van der Waals surface area contributed by atoms with E-state index in [1.54, 1.807) is 18.2 Å². The molecule has 6 nitrogen and oxygen atoms in total. The molecule has 22 heavy (non-hydrogen) atoms. The predicted molar refractivity (Wildman–Crippen MR) is 80.3 cm³/mol. The fraction of sp³-hybridized carbons (Fsp3) is 0.133. The third kappa shape index (κ3) is 4.02. The molecule has 0 bridgehead atoms. The molecule has 0 aliphatic heterocycles. The van der Waals surface area contributed by atoms with E-state index >= 15 is 0 Å². The minimum Gasteiger partial charge on any atom is -0.378 e. The van der Waals surface area contributed by atoms with Gasteiger partial charge in [0.05, 0.1) is 4.92 Å². The van der Waals surface area contributed by atoms with Gasteiger partial charge in [-0.3, -0.25) is 14.9 Å². The van der Waals surface area contributed by atoms with Crippen molar-refractivity contribution in [1.82, 2.24) is 5.32 Å². The summed E-state index contributed by atoms with van der Waals surface area (Å²) in [5.74, 6) is -0.737. The summed E-state index contributed by atoms with van der Waals surface area (Å²) in [6.45, 7) is 0.611. The monoisotopic (exact) mass is 303 g/mol. The largest absolute Gasteiger partial charge is 0.378 e. The van der Waals surface area contributed by atoms with E-state index in [2.05, 4.69) is 10.6 Å². The highest BCUT2D eigenvalue weighted by atomic mass is 19.1. The Balaban J connectivity index is 1.83. The van der Waals surface area contributed by atoms with E-state index in [-0.39, 0.29) is 18.1 Å². The number of hydrogen-bond donors (Lipinski definition) is 2. The van der Waals surface area contributed by atoms with E-state index in [1.807, 2.05) is 0 Å². The number of carbonyl (C=O) groups excluding carboxylic acids is 1. The lowest BCUT2D eigenvalue weighted by Crippen LogP contribution is -2.28. The first-order valence-electron chi connectivity index (χ1n) is 6.59. The third-order valence-electron chi connectivity index (χ3n) is 2.93. The second kappa shape index (κ2) is 7.16. The van der Waals surface area contributed by atoms with Crippen molar-refractivity contribution in [1.29, 1.82) is 0 Å². The Bertz CT molecular complexity index is 674. The lowest BCUT2D eigenvalue weighted by molar-refractivity contribution is -0.384. The highest BCUT2D eigenvalue weighted by Gasteiger charge is 2.11. The first-order chi connectivity index (χ1) is 10.6. The minimum atomic E-state index is -0.473. The zero-order valence-corrected chi connectivity index (χ0v) is 11.6. The van der Waals surface area contributed by atoms with Crippen LogP contribution in [0.5, 0.6) is 0 Å². The molecule has 0 fully saturated rings. The molecule has 1 amide bonds. The van der Waals surface area contributed by atoms with Crippen LogP contribution in [0.15, 0.2) is 48.5 Å². The van der Waals surface area contributed by atoms with Crippen LogP contribution >= 0.6 is 0 Å². The molecule has 2 aromatic carbocycles. The number of amides is 1. The van der Waals surface area contributed by atoms with Gasteiger partial charge >= 0.3 is 0 Å². The standard InChI is InChI=1S/C15H14FN3O3/c16-12-7-5-11(6-8-12)15(20)18-10-9-17-13-3-1-2-4-14(13)19(21)22/h1-8,17H,9-10H2,(H,18,20). The Morgan fingerprint density at radius 3 is 2.45 bits per heavy atom. The number of anilines is 1. The fourth-order valence-electron chi connectivity index (χ4n) is 1.86. The lowest BCUT2D eigenvalue weighted by Gasteiger charge is -2.08. The summed E-state index contributed by atoms with van der Waals surface area (Å²) in [5.41, 5.74) is 0.725. The number of nitrogens with zero attached hydrogens (tertiary/aromatic N) is 1. The van der Waals surface area contributed by atoms with Crippen LogP contribution in [-0.4, -0.2) is 23.9 Å². The van der Waals surface area contributed by atoms with E-state index < -0.39 is 10.7 Å². The summed E-state index contributed by atoms with van der Waals surface area (Å²) in [6.07, 6.45) is 0. The summed E-state index contributed by atoms with van der Waals surface area (Å²) in [6, 6.07) is 11.5. The van der Waals surface area contributed by atoms with Gasteiger partial charge in [0.1, 0.15) is 11.5 Å². The van der Waals surface area contributed by atoms with Crippen molar-refractivity contribution in [3.8, 4) is 0 Å². The van der Waals surface area contributed by atoms with Crippen molar-refractivity contribution in [2.24, 2.45) is 0 Å². The van der Waals surface area contributed by atoms with E-state index in [4.69, 9.17) is 0 Å². The quantitative estimate of drug-likeness (QED) is 0.488. The van der Waals surface area contributed by atoms with Crippen LogP contribution in [0.1, 0.15) is 10.4 Å². The zero-order valence-electron chi connectivity index (χ0n) is 11.6. The second-order valence-electron chi connectivity index (χ2n) is 4.46. The molecule has 0 saturated carbocycles. The molecule has 114 valence electrons. The number of rotatable bonds is 6. The van der Waals surface area contributed by atoms with Crippen LogP contribution < -0.4 is 10.6 Å². The summed E-state index contributed by atoms with van der Waals surface area (Å²) < 4.78 is 12.8. The predicted octanol–water partition coefficient (Wildman–Crippen LogP) is 2.58. The van der Waals surface area contributed by atoms with Gasteiger partial charge in [0.15, 0.2) is 0 Å². The highest BCUT2D eigenvalue weighted by Crippen LogP contribution is 2.22. The summed E-state index contributed by atoms with van der Waals surface area (Å²) in [7, 11) is 0. The molecule has 0 radical (unpaired) electrons. The molecular weight excluding hydrogens is 289 g/mol. The third-order valence-corrected chi connectivity index (χ3v) is 2.93. The number of nitro groups is 1. The van der Waals surface area contributed by atoms with Gasteiger partial charge in [0.2, 0.25) is 0 Å². The van der Waals surface area contributed by atoms with Crippen molar-refractivity contribution in [2.75, 3.05) is 18.4 Å². The van der Waals surface area contributed by atoms with Gasteiger partial charge in [0.25, 0.3) is 11.6 Å². The van der Waals surface area contributed by atoms with Gasteiger partial charge < -0.3 is 10.6 Å². The van der Waals surface area contributed by atoms with Crippen LogP contribution in [-0.2, 0) is 0 Å². The number of para-hydroxylation sites is 2. The SMILES string of the molecule is O=C(NCCNc1ccccc1[N+](=O)[O-])c1ccc(F)cc1. The highest BCUT2D eigenvalue weighted by molar-refractivity contribution is 5.94. The van der Waals surface area contributed by atoms with Crippen LogP contribution in [0.3, 0.4) is 0 Å². The van der Waals surface area contributed by atoms with Crippen molar-refractivity contribution in [3.05, 3.63) is 70.0 Å². The first kappa shape index (κ1) is 15.4. The second-order valence-corrected chi connectivity index (χ2v) is 4.46. The van der Waals surface area contributed by atoms with Crippen LogP contribution in [0.4, 0.5) is 15.8 Å². The van der Waals surface area contributed by atoms with Gasteiger partial charge in [0, 0.05) is 24.7 Å². The van der Waals surface area contributed by atoms with Crippen molar-refractivity contribution in [2.45, 2.75) is 0 Å². The average molecular weight is 303 g/mol. The molecule has 0 atom stereocenters. The van der Waals surface area contributed by atoms with Gasteiger partial charge in [-0.1, -0.05) is 12.1 Å².